The molecule has 1 aromatic heterocycles. The first-order valence-corrected chi connectivity index (χ1v) is 2.62. The molecule has 1 aromatic rings. The molecule has 0 aliphatic heterocycles. The zero-order chi connectivity index (χ0) is 5.98. The van der Waals surface area contributed by atoms with Gasteiger partial charge in [-0.1, -0.05) is 17.4 Å². The monoisotopic (exact) mass is 127 g/mol. The van der Waals surface area contributed by atoms with E-state index in [1.165, 1.54) is 6.26 Å². The van der Waals surface area contributed by atoms with Crippen molar-refractivity contribution in [2.75, 3.05) is 0 Å². The van der Waals surface area contributed by atoms with E-state index in [1.54, 1.807) is 6.20 Å². The van der Waals surface area contributed by atoms with E-state index in [0.717, 1.165) is 10.4 Å². The fraction of sp³-hybridized carbons (Fsp3) is 0.200. The lowest BCUT2D eigenvalue weighted by molar-refractivity contribution is 0.419. The predicted molar refractivity (Wildman–Crippen MR) is 33.9 cm³/mol. The van der Waals surface area contributed by atoms with Crippen LogP contribution in [0.25, 0.3) is 0 Å². The molecule has 0 aromatic carbocycles. The highest BCUT2D eigenvalue weighted by atomic mass is 32.1. The number of hydrogen-bond donors (Lipinski definition) is 0. The minimum absolute atomic E-state index is 0.811. The molecule has 1 heterocycles. The summed E-state index contributed by atoms with van der Waals surface area (Å²) in [6, 6.07) is 0. The van der Waals surface area contributed by atoms with E-state index < -0.39 is 0 Å². The highest BCUT2D eigenvalue weighted by Gasteiger charge is 1.93. The van der Waals surface area contributed by atoms with Gasteiger partial charge in [0.15, 0.2) is 0 Å². The maximum absolute atomic E-state index is 4.82. The largest absolute Gasteiger partial charge is 0.364 e. The third-order valence-electron chi connectivity index (χ3n) is 0.839. The average Bonchev–Trinajstić information content (AvgIpc) is 2.12. The fourth-order valence-corrected chi connectivity index (χ4v) is 0.480. The van der Waals surface area contributed by atoms with Crippen LogP contribution in [0.3, 0.4) is 0 Å². The summed E-state index contributed by atoms with van der Waals surface area (Å²) in [7, 11) is 0. The van der Waals surface area contributed by atoms with Crippen LogP contribution in [0.15, 0.2) is 17.0 Å². The van der Waals surface area contributed by atoms with E-state index in [-0.39, 0.29) is 0 Å². The standard InChI is InChI=1S/C5H5NOS/c1-4(8)5-2-6-7-3-5/h2-3H,1H3. The molecule has 0 amide bonds. The lowest BCUT2D eigenvalue weighted by Gasteiger charge is -1.80. The average molecular weight is 127 g/mol. The Morgan fingerprint density at radius 2 is 2.62 bits per heavy atom. The second-order valence-corrected chi connectivity index (χ2v) is 2.08. The molecule has 0 saturated carbocycles. The first-order chi connectivity index (χ1) is 3.80. The molecule has 1 rings (SSSR count). The number of aromatic nitrogens is 1. The normalized spacial score (nSPS) is 9.12. The van der Waals surface area contributed by atoms with Gasteiger partial charge in [0.05, 0.1) is 6.20 Å². The van der Waals surface area contributed by atoms with E-state index in [1.807, 2.05) is 6.92 Å². The van der Waals surface area contributed by atoms with Crippen LogP contribution < -0.4 is 0 Å². The van der Waals surface area contributed by atoms with Crippen molar-refractivity contribution in [1.29, 1.82) is 0 Å². The molecule has 0 fully saturated rings. The Bertz CT molecular complexity index is 180. The van der Waals surface area contributed by atoms with E-state index in [2.05, 4.69) is 9.68 Å². The summed E-state index contributed by atoms with van der Waals surface area (Å²) in [5.41, 5.74) is 0.889. The van der Waals surface area contributed by atoms with Crippen molar-refractivity contribution in [1.82, 2.24) is 5.16 Å². The van der Waals surface area contributed by atoms with Gasteiger partial charge in [-0.25, -0.2) is 0 Å². The Balaban J connectivity index is 2.93. The minimum atomic E-state index is 0.811. The molecule has 3 heteroatoms. The second-order valence-electron chi connectivity index (χ2n) is 1.47. The van der Waals surface area contributed by atoms with Crippen LogP contribution in [0.1, 0.15) is 12.5 Å². The van der Waals surface area contributed by atoms with Crippen LogP contribution in [0.4, 0.5) is 0 Å². The Kier molecular flexibility index (Phi) is 1.39. The van der Waals surface area contributed by atoms with Gasteiger partial charge in [-0.3, -0.25) is 0 Å². The molecule has 8 heavy (non-hydrogen) atoms. The van der Waals surface area contributed by atoms with Crippen molar-refractivity contribution in [3.05, 3.63) is 18.0 Å². The number of hydrogen-bond acceptors (Lipinski definition) is 3. The zero-order valence-corrected chi connectivity index (χ0v) is 5.23. The first-order valence-electron chi connectivity index (χ1n) is 2.21. The lowest BCUT2D eigenvalue weighted by atomic mass is 10.3. The van der Waals surface area contributed by atoms with E-state index in [9.17, 15) is 0 Å². The number of thiocarbonyl (C=S) groups is 1. The van der Waals surface area contributed by atoms with Gasteiger partial charge >= 0.3 is 0 Å². The molecule has 0 aliphatic rings. The van der Waals surface area contributed by atoms with Gasteiger partial charge in [-0.05, 0) is 6.92 Å². The van der Waals surface area contributed by atoms with Crippen LogP contribution >= 0.6 is 12.2 Å². The smallest absolute Gasteiger partial charge is 0.132 e. The topological polar surface area (TPSA) is 26.0 Å². The van der Waals surface area contributed by atoms with Crippen LogP contribution in [0.2, 0.25) is 0 Å². The Labute approximate surface area is 52.5 Å². The highest BCUT2D eigenvalue weighted by molar-refractivity contribution is 7.80. The van der Waals surface area contributed by atoms with Gasteiger partial charge in [0.2, 0.25) is 0 Å². The number of rotatable bonds is 1. The number of nitrogens with zero attached hydrogens (tertiary/aromatic N) is 1. The van der Waals surface area contributed by atoms with Gasteiger partial charge in [-0.2, -0.15) is 0 Å². The molecule has 0 atom stereocenters. The lowest BCUT2D eigenvalue weighted by Crippen LogP contribution is -1.83. The molecule has 0 radical (unpaired) electrons. The zero-order valence-electron chi connectivity index (χ0n) is 4.42. The Morgan fingerprint density at radius 3 is 2.88 bits per heavy atom. The summed E-state index contributed by atoms with van der Waals surface area (Å²) in [5.74, 6) is 0. The molecule has 0 bridgehead atoms. The summed E-state index contributed by atoms with van der Waals surface area (Å²) in [6.07, 6.45) is 3.13. The molecule has 0 unspecified atom stereocenters. The maximum Gasteiger partial charge on any atom is 0.132 e. The van der Waals surface area contributed by atoms with Gasteiger partial charge in [0.25, 0.3) is 0 Å². The van der Waals surface area contributed by atoms with E-state index >= 15 is 0 Å². The summed E-state index contributed by atoms with van der Waals surface area (Å²) in [5, 5.41) is 3.48. The first kappa shape index (κ1) is 5.44. The van der Waals surface area contributed by atoms with Crippen molar-refractivity contribution < 1.29 is 4.52 Å². The predicted octanol–water partition coefficient (Wildman–Crippen LogP) is 1.41. The summed E-state index contributed by atoms with van der Waals surface area (Å²) < 4.78 is 4.54. The van der Waals surface area contributed by atoms with Crippen molar-refractivity contribution in [2.45, 2.75) is 6.92 Å². The minimum Gasteiger partial charge on any atom is -0.364 e. The second kappa shape index (κ2) is 2.05. The van der Waals surface area contributed by atoms with E-state index in [4.69, 9.17) is 12.2 Å². The Hall–Kier alpha value is -0.700. The third kappa shape index (κ3) is 0.924. The van der Waals surface area contributed by atoms with E-state index in [0.29, 0.717) is 0 Å². The van der Waals surface area contributed by atoms with Crippen molar-refractivity contribution in [3.8, 4) is 0 Å². The molecule has 0 spiro atoms. The SMILES string of the molecule is CC(=S)c1cnoc1. The molecular weight excluding hydrogens is 122 g/mol. The fourth-order valence-electron chi connectivity index (χ4n) is 0.379. The highest BCUT2D eigenvalue weighted by Crippen LogP contribution is 1.97. The van der Waals surface area contributed by atoms with Crippen molar-refractivity contribution >= 4 is 17.1 Å². The summed E-state index contributed by atoms with van der Waals surface area (Å²) in [6.45, 7) is 1.84. The quantitative estimate of drug-likeness (QED) is 0.421. The van der Waals surface area contributed by atoms with Crippen LogP contribution in [-0.2, 0) is 0 Å². The van der Waals surface area contributed by atoms with Crippen LogP contribution in [0.5, 0.6) is 0 Å². The maximum atomic E-state index is 4.82. The van der Waals surface area contributed by atoms with Crippen molar-refractivity contribution in [3.63, 3.8) is 0 Å². The summed E-state index contributed by atoms with van der Waals surface area (Å²) >= 11 is 4.82. The third-order valence-corrected chi connectivity index (χ3v) is 1.07. The molecule has 0 saturated heterocycles. The molecular formula is C5H5NOS. The molecule has 0 aliphatic carbocycles. The summed E-state index contributed by atoms with van der Waals surface area (Å²) in [4.78, 5) is 0.811. The van der Waals surface area contributed by atoms with Gasteiger partial charge in [0.1, 0.15) is 6.26 Å². The van der Waals surface area contributed by atoms with Crippen molar-refractivity contribution in [2.24, 2.45) is 0 Å². The van der Waals surface area contributed by atoms with Gasteiger partial charge < -0.3 is 4.52 Å². The molecule has 42 valence electrons. The Morgan fingerprint density at radius 1 is 1.88 bits per heavy atom. The van der Waals surface area contributed by atoms with Crippen LogP contribution in [0, 0.1) is 0 Å². The van der Waals surface area contributed by atoms with Crippen LogP contribution in [-0.4, -0.2) is 10.0 Å². The van der Waals surface area contributed by atoms with Gasteiger partial charge in [0, 0.05) is 10.4 Å². The van der Waals surface area contributed by atoms with Gasteiger partial charge in [-0.15, -0.1) is 0 Å². The molecule has 2 nitrogen and oxygen atoms in total. The molecule has 0 N–H and O–H groups in total.